The van der Waals surface area contributed by atoms with Crippen LogP contribution in [0.5, 0.6) is 5.75 Å². The number of halogens is 3. The Morgan fingerprint density at radius 3 is 2.35 bits per heavy atom. The predicted octanol–water partition coefficient (Wildman–Crippen LogP) is 5.79. The number of methoxy groups -OCH3 is 1. The molecule has 134 valence electrons. The third-order valence-electron chi connectivity index (χ3n) is 3.65. The van der Waals surface area contributed by atoms with E-state index >= 15 is 0 Å². The maximum absolute atomic E-state index is 12.6. The van der Waals surface area contributed by atoms with Crippen LogP contribution in [0.25, 0.3) is 6.08 Å². The van der Waals surface area contributed by atoms with Gasteiger partial charge in [0.25, 0.3) is 11.1 Å². The number of thioether (sulfide) groups is 1. The van der Waals surface area contributed by atoms with Crippen LogP contribution in [0.4, 0.5) is 4.79 Å². The van der Waals surface area contributed by atoms with E-state index in [0.717, 1.165) is 35.8 Å². The van der Waals surface area contributed by atoms with E-state index in [2.05, 4.69) is 45.2 Å². The first-order valence-electron chi connectivity index (χ1n) is 7.42. The molecule has 0 atom stereocenters. The van der Waals surface area contributed by atoms with Gasteiger partial charge in [-0.05, 0) is 98.4 Å². The van der Waals surface area contributed by atoms with Crippen molar-refractivity contribution in [2.24, 2.45) is 0 Å². The van der Waals surface area contributed by atoms with Gasteiger partial charge in [0.2, 0.25) is 0 Å². The smallest absolute Gasteiger partial charge is 0.293 e. The van der Waals surface area contributed by atoms with E-state index in [-0.39, 0.29) is 17.7 Å². The first-order chi connectivity index (χ1) is 12.4. The normalized spacial score (nSPS) is 15.8. The van der Waals surface area contributed by atoms with Crippen molar-refractivity contribution in [2.45, 2.75) is 6.54 Å². The Kier molecular flexibility index (Phi) is 6.52. The molecule has 3 rings (SSSR count). The van der Waals surface area contributed by atoms with E-state index in [1.165, 1.54) is 4.90 Å². The van der Waals surface area contributed by atoms with Crippen molar-refractivity contribution >= 4 is 85.8 Å². The standard InChI is InChI=1S/C18H12ClI2NO3S/c1-25-16-13(20)6-11(7-14(16)21)8-15-17(23)22(18(24)26-15)9-10-2-4-12(19)5-3-10/h2-8H,9H2,1H3/b15-8-. The van der Waals surface area contributed by atoms with Gasteiger partial charge in [0.1, 0.15) is 5.75 Å². The number of benzene rings is 2. The lowest BCUT2D eigenvalue weighted by Gasteiger charge is -2.12. The molecular weight excluding hydrogens is 600 g/mol. The van der Waals surface area contributed by atoms with E-state index in [1.54, 1.807) is 25.3 Å². The first-order valence-corrected chi connectivity index (χ1v) is 10.8. The van der Waals surface area contributed by atoms with Crippen LogP contribution < -0.4 is 4.74 Å². The van der Waals surface area contributed by atoms with Gasteiger partial charge in [-0.2, -0.15) is 0 Å². The maximum Gasteiger partial charge on any atom is 0.293 e. The average Bonchev–Trinajstić information content (AvgIpc) is 2.84. The highest BCUT2D eigenvalue weighted by atomic mass is 127. The summed E-state index contributed by atoms with van der Waals surface area (Å²) in [6.07, 6.45) is 1.75. The lowest BCUT2D eigenvalue weighted by Crippen LogP contribution is -2.27. The molecule has 2 aromatic carbocycles. The zero-order chi connectivity index (χ0) is 18.8. The molecule has 1 aliphatic heterocycles. The monoisotopic (exact) mass is 611 g/mol. The van der Waals surface area contributed by atoms with Gasteiger partial charge in [-0.15, -0.1) is 0 Å². The Hall–Kier alpha value is -0.780. The number of ether oxygens (including phenoxy) is 1. The second-order valence-electron chi connectivity index (χ2n) is 5.41. The van der Waals surface area contributed by atoms with E-state index in [4.69, 9.17) is 16.3 Å². The number of nitrogens with zero attached hydrogens (tertiary/aromatic N) is 1. The van der Waals surface area contributed by atoms with E-state index in [0.29, 0.717) is 9.93 Å². The van der Waals surface area contributed by atoms with Gasteiger partial charge in [0.05, 0.1) is 25.7 Å². The van der Waals surface area contributed by atoms with E-state index < -0.39 is 0 Å². The molecule has 0 aromatic heterocycles. The summed E-state index contributed by atoms with van der Waals surface area (Å²) in [7, 11) is 1.63. The molecule has 0 N–H and O–H groups in total. The molecule has 2 aromatic rings. The van der Waals surface area contributed by atoms with Gasteiger partial charge in [0.15, 0.2) is 0 Å². The SMILES string of the molecule is COc1c(I)cc(/C=C2\SC(=O)N(Cc3ccc(Cl)cc3)C2=O)cc1I. The third-order valence-corrected chi connectivity index (χ3v) is 6.41. The Morgan fingerprint density at radius 2 is 1.77 bits per heavy atom. The number of carbonyl (C=O) groups excluding carboxylic acids is 2. The van der Waals surface area contributed by atoms with Gasteiger partial charge in [0, 0.05) is 5.02 Å². The number of amides is 2. The number of hydrogen-bond acceptors (Lipinski definition) is 4. The van der Waals surface area contributed by atoms with Crippen LogP contribution in [0.3, 0.4) is 0 Å². The fourth-order valence-corrected chi connectivity index (χ4v) is 5.64. The molecule has 0 aliphatic carbocycles. The minimum atomic E-state index is -0.282. The molecule has 0 bridgehead atoms. The quantitative estimate of drug-likeness (QED) is 0.324. The number of rotatable bonds is 4. The van der Waals surface area contributed by atoms with Crippen molar-refractivity contribution in [3.05, 3.63) is 64.6 Å². The first kappa shape index (κ1) is 20.0. The van der Waals surface area contributed by atoms with Crippen LogP contribution in [-0.4, -0.2) is 23.2 Å². The van der Waals surface area contributed by atoms with Gasteiger partial charge >= 0.3 is 0 Å². The Morgan fingerprint density at radius 1 is 1.15 bits per heavy atom. The molecule has 0 spiro atoms. The van der Waals surface area contributed by atoms with Gasteiger partial charge < -0.3 is 4.74 Å². The topological polar surface area (TPSA) is 46.6 Å². The molecule has 0 unspecified atom stereocenters. The second kappa shape index (κ2) is 8.49. The fourth-order valence-electron chi connectivity index (χ4n) is 2.42. The van der Waals surface area contributed by atoms with Crippen molar-refractivity contribution in [2.75, 3.05) is 7.11 Å². The van der Waals surface area contributed by atoms with E-state index in [1.807, 2.05) is 24.3 Å². The molecule has 1 aliphatic rings. The van der Waals surface area contributed by atoms with Crippen LogP contribution in [-0.2, 0) is 11.3 Å². The van der Waals surface area contributed by atoms with Gasteiger partial charge in [-0.1, -0.05) is 23.7 Å². The second-order valence-corrected chi connectivity index (χ2v) is 9.17. The highest BCUT2D eigenvalue weighted by molar-refractivity contribution is 14.1. The number of hydrogen-bond donors (Lipinski definition) is 0. The van der Waals surface area contributed by atoms with Gasteiger partial charge in [-0.25, -0.2) is 0 Å². The molecule has 26 heavy (non-hydrogen) atoms. The van der Waals surface area contributed by atoms with Crippen LogP contribution in [0.2, 0.25) is 5.02 Å². The summed E-state index contributed by atoms with van der Waals surface area (Å²) in [6, 6.07) is 11.0. The highest BCUT2D eigenvalue weighted by Crippen LogP contribution is 2.35. The zero-order valence-electron chi connectivity index (χ0n) is 13.5. The molecule has 1 fully saturated rings. The Balaban J connectivity index is 1.84. The van der Waals surface area contributed by atoms with Gasteiger partial charge in [-0.3, -0.25) is 14.5 Å². The molecular formula is C18H12ClI2NO3S. The predicted molar refractivity (Wildman–Crippen MR) is 121 cm³/mol. The largest absolute Gasteiger partial charge is 0.495 e. The Bertz CT molecular complexity index is 892. The molecule has 1 saturated heterocycles. The van der Waals surface area contributed by atoms with Crippen molar-refractivity contribution in [1.82, 2.24) is 4.90 Å². The Labute approximate surface area is 187 Å². The molecule has 0 saturated carbocycles. The summed E-state index contributed by atoms with van der Waals surface area (Å²) in [5.41, 5.74) is 1.71. The highest BCUT2D eigenvalue weighted by Gasteiger charge is 2.35. The van der Waals surface area contributed by atoms with Crippen LogP contribution in [0, 0.1) is 7.14 Å². The lowest BCUT2D eigenvalue weighted by molar-refractivity contribution is -0.123. The minimum Gasteiger partial charge on any atom is -0.495 e. The summed E-state index contributed by atoms with van der Waals surface area (Å²) >= 11 is 11.2. The van der Waals surface area contributed by atoms with Crippen LogP contribution in [0.15, 0.2) is 41.3 Å². The van der Waals surface area contributed by atoms with Crippen LogP contribution in [0.1, 0.15) is 11.1 Å². The average molecular weight is 612 g/mol. The van der Waals surface area contributed by atoms with Crippen LogP contribution >= 0.6 is 68.5 Å². The van der Waals surface area contributed by atoms with E-state index in [9.17, 15) is 9.59 Å². The molecule has 4 nitrogen and oxygen atoms in total. The van der Waals surface area contributed by atoms with Crippen molar-refractivity contribution in [3.63, 3.8) is 0 Å². The maximum atomic E-state index is 12.6. The minimum absolute atomic E-state index is 0.233. The van der Waals surface area contributed by atoms with Crippen molar-refractivity contribution < 1.29 is 14.3 Å². The zero-order valence-corrected chi connectivity index (χ0v) is 19.4. The third kappa shape index (κ3) is 4.37. The lowest BCUT2D eigenvalue weighted by atomic mass is 10.2. The molecule has 0 radical (unpaired) electrons. The number of carbonyl (C=O) groups is 2. The summed E-state index contributed by atoms with van der Waals surface area (Å²) < 4.78 is 7.25. The molecule has 8 heteroatoms. The molecule has 1 heterocycles. The van der Waals surface area contributed by atoms with Crippen molar-refractivity contribution in [1.29, 1.82) is 0 Å². The summed E-state index contributed by atoms with van der Waals surface area (Å²) in [4.78, 5) is 26.6. The fraction of sp³-hybridized carbons (Fsp3) is 0.111. The van der Waals surface area contributed by atoms with Crippen molar-refractivity contribution in [3.8, 4) is 5.75 Å². The molecule has 2 amide bonds. The number of imide groups is 1. The summed E-state index contributed by atoms with van der Waals surface area (Å²) in [5, 5.41) is 0.348. The summed E-state index contributed by atoms with van der Waals surface area (Å²) in [5.74, 6) is 0.523. The summed E-state index contributed by atoms with van der Waals surface area (Å²) in [6.45, 7) is 0.233.